The van der Waals surface area contributed by atoms with E-state index in [1.54, 1.807) is 43.3 Å². The summed E-state index contributed by atoms with van der Waals surface area (Å²) in [5, 5.41) is 4.99. The van der Waals surface area contributed by atoms with Gasteiger partial charge in [-0.1, -0.05) is 46.6 Å². The Morgan fingerprint density at radius 2 is 1.86 bits per heavy atom. The molecule has 0 saturated heterocycles. The number of fused-ring (bicyclic) bond motifs is 1. The first-order valence-corrected chi connectivity index (χ1v) is 10.5. The zero-order valence-electron chi connectivity index (χ0n) is 14.6. The van der Waals surface area contributed by atoms with Gasteiger partial charge in [-0.15, -0.1) is 0 Å². The van der Waals surface area contributed by atoms with Crippen LogP contribution in [0.1, 0.15) is 35.8 Å². The van der Waals surface area contributed by atoms with Gasteiger partial charge >= 0.3 is 0 Å². The van der Waals surface area contributed by atoms with Crippen molar-refractivity contribution >= 4 is 39.1 Å². The van der Waals surface area contributed by atoms with Crippen LogP contribution in [0, 0.1) is 0 Å². The number of aliphatic imine (C=N–C) groups is 1. The summed E-state index contributed by atoms with van der Waals surface area (Å²) in [5.74, 6) is 0.913. The monoisotopic (exact) mass is 436 g/mol. The molecule has 0 radical (unpaired) electrons. The second-order valence-electron chi connectivity index (χ2n) is 6.18. The number of aromatic nitrogens is 2. The highest BCUT2D eigenvalue weighted by molar-refractivity contribution is 7.90. The summed E-state index contributed by atoms with van der Waals surface area (Å²) in [7, 11) is -3.60. The van der Waals surface area contributed by atoms with Gasteiger partial charge in [0.25, 0.3) is 15.9 Å². The van der Waals surface area contributed by atoms with Gasteiger partial charge in [-0.3, -0.25) is 9.71 Å². The molecule has 2 heterocycles. The molecule has 144 valence electrons. The third-order valence-electron chi connectivity index (χ3n) is 4.22. The molecule has 1 aliphatic heterocycles. The molecule has 1 N–H and O–H groups in total. The maximum absolute atomic E-state index is 12.2. The van der Waals surface area contributed by atoms with Crippen molar-refractivity contribution in [2.24, 2.45) is 4.99 Å². The van der Waals surface area contributed by atoms with E-state index in [9.17, 15) is 8.42 Å². The second-order valence-corrected chi connectivity index (χ2v) is 8.65. The van der Waals surface area contributed by atoms with Crippen LogP contribution < -0.4 is 4.72 Å². The van der Waals surface area contributed by atoms with E-state index in [1.165, 1.54) is 6.07 Å². The Balaban J connectivity index is 1.59. The third-order valence-corrected chi connectivity index (χ3v) is 6.33. The highest BCUT2D eigenvalue weighted by atomic mass is 35.5. The molecule has 28 heavy (non-hydrogen) atoms. The molecule has 4 rings (SSSR count). The molecule has 0 spiro atoms. The van der Waals surface area contributed by atoms with Gasteiger partial charge in [-0.2, -0.15) is 4.98 Å². The smallest absolute Gasteiger partial charge is 0.263 e. The average Bonchev–Trinajstić information content (AvgIpc) is 3.22. The normalized spacial score (nSPS) is 17.3. The first kappa shape index (κ1) is 18.9. The minimum atomic E-state index is -3.60. The minimum Gasteiger partial charge on any atom is -0.337 e. The number of nitrogens with one attached hydrogen (secondary N) is 1. The van der Waals surface area contributed by atoms with Gasteiger partial charge in [0.2, 0.25) is 0 Å². The van der Waals surface area contributed by atoms with Crippen molar-refractivity contribution in [3.63, 3.8) is 0 Å². The van der Waals surface area contributed by atoms with Crippen LogP contribution in [-0.2, 0) is 16.4 Å². The molecule has 10 heteroatoms. The Bertz CT molecular complexity index is 1170. The Labute approximate surface area is 171 Å². The number of nitrogens with zero attached hydrogens (tertiary/aromatic N) is 3. The number of sulfonamides is 1. The number of amidine groups is 1. The predicted molar refractivity (Wildman–Crippen MR) is 105 cm³/mol. The molecule has 1 aliphatic rings. The SMILES string of the molecule is CC(N=C1NS(=O)(=O)c2ccccc21)c1nc(Cc2c(Cl)cccc2Cl)no1. The quantitative estimate of drug-likeness (QED) is 0.670. The van der Waals surface area contributed by atoms with E-state index in [1.807, 2.05) is 0 Å². The molecule has 0 aliphatic carbocycles. The molecule has 3 aromatic rings. The summed E-state index contributed by atoms with van der Waals surface area (Å²) in [6, 6.07) is 11.3. The van der Waals surface area contributed by atoms with Gasteiger partial charge in [0.15, 0.2) is 5.82 Å². The van der Waals surface area contributed by atoms with E-state index in [0.717, 1.165) is 0 Å². The molecule has 1 unspecified atom stereocenters. The Kier molecular flexibility index (Phi) is 4.86. The van der Waals surface area contributed by atoms with E-state index in [2.05, 4.69) is 19.9 Å². The van der Waals surface area contributed by atoms with Crippen molar-refractivity contribution in [1.82, 2.24) is 14.9 Å². The largest absolute Gasteiger partial charge is 0.337 e. The highest BCUT2D eigenvalue weighted by Gasteiger charge is 2.31. The maximum Gasteiger partial charge on any atom is 0.263 e. The zero-order chi connectivity index (χ0) is 19.9. The van der Waals surface area contributed by atoms with Crippen molar-refractivity contribution < 1.29 is 12.9 Å². The van der Waals surface area contributed by atoms with Crippen LogP contribution in [0.15, 0.2) is 56.9 Å². The lowest BCUT2D eigenvalue weighted by Crippen LogP contribution is -2.22. The van der Waals surface area contributed by atoms with E-state index < -0.39 is 16.1 Å². The standard InChI is InChI=1S/C18H14Cl2N4O3S/c1-10(21-17-11-5-2-3-8-15(11)28(25,26)24-17)18-22-16(23-27-18)9-12-13(19)6-4-7-14(12)20/h2-8,10H,9H2,1H3,(H,21,24). The fourth-order valence-corrected chi connectivity index (χ4v) is 4.62. The van der Waals surface area contributed by atoms with Gasteiger partial charge in [0.05, 0.1) is 4.90 Å². The lowest BCUT2D eigenvalue weighted by molar-refractivity contribution is 0.358. The summed E-state index contributed by atoms with van der Waals surface area (Å²) in [5.41, 5.74) is 1.21. The summed E-state index contributed by atoms with van der Waals surface area (Å²) in [6.45, 7) is 1.74. The zero-order valence-corrected chi connectivity index (χ0v) is 16.9. The lowest BCUT2D eigenvalue weighted by Gasteiger charge is -2.04. The van der Waals surface area contributed by atoms with Gasteiger partial charge in [0, 0.05) is 22.0 Å². The first-order chi connectivity index (χ1) is 13.3. The van der Waals surface area contributed by atoms with Gasteiger partial charge in [0.1, 0.15) is 11.9 Å². The summed E-state index contributed by atoms with van der Waals surface area (Å²) in [6.07, 6.45) is 0.306. The number of benzene rings is 2. The molecular weight excluding hydrogens is 423 g/mol. The molecule has 0 saturated carbocycles. The summed E-state index contributed by atoms with van der Waals surface area (Å²) >= 11 is 12.4. The minimum absolute atomic E-state index is 0.195. The van der Waals surface area contributed by atoms with Crippen LogP contribution in [0.25, 0.3) is 0 Å². The summed E-state index contributed by atoms with van der Waals surface area (Å²) in [4.78, 5) is 8.95. The molecule has 1 atom stereocenters. The molecule has 0 fully saturated rings. The number of hydrogen-bond acceptors (Lipinski definition) is 6. The predicted octanol–water partition coefficient (Wildman–Crippen LogP) is 3.77. The Morgan fingerprint density at radius 1 is 1.14 bits per heavy atom. The van der Waals surface area contributed by atoms with Crippen LogP contribution in [0.2, 0.25) is 10.0 Å². The molecule has 2 aromatic carbocycles. The van der Waals surface area contributed by atoms with Crippen molar-refractivity contribution in [3.8, 4) is 0 Å². The van der Waals surface area contributed by atoms with Crippen LogP contribution in [-0.4, -0.2) is 24.4 Å². The molecular formula is C18H14Cl2N4O3S. The van der Waals surface area contributed by atoms with Crippen molar-refractivity contribution in [1.29, 1.82) is 0 Å². The van der Waals surface area contributed by atoms with E-state index in [4.69, 9.17) is 27.7 Å². The number of halogens is 2. The molecule has 0 amide bonds. The Morgan fingerprint density at radius 3 is 2.61 bits per heavy atom. The maximum atomic E-state index is 12.2. The van der Waals surface area contributed by atoms with E-state index >= 15 is 0 Å². The van der Waals surface area contributed by atoms with Crippen molar-refractivity contribution in [2.45, 2.75) is 24.3 Å². The fourth-order valence-electron chi connectivity index (χ4n) is 2.85. The van der Waals surface area contributed by atoms with Crippen molar-refractivity contribution in [2.75, 3.05) is 0 Å². The van der Waals surface area contributed by atoms with Crippen LogP contribution >= 0.6 is 23.2 Å². The number of hydrogen-bond donors (Lipinski definition) is 1. The Hall–Kier alpha value is -2.42. The summed E-state index contributed by atoms with van der Waals surface area (Å²) < 4.78 is 32.1. The van der Waals surface area contributed by atoms with Crippen LogP contribution in [0.4, 0.5) is 0 Å². The highest BCUT2D eigenvalue weighted by Crippen LogP contribution is 2.28. The first-order valence-electron chi connectivity index (χ1n) is 8.30. The second kappa shape index (κ2) is 7.20. The van der Waals surface area contributed by atoms with E-state index in [0.29, 0.717) is 33.4 Å². The van der Waals surface area contributed by atoms with Crippen LogP contribution in [0.3, 0.4) is 0 Å². The van der Waals surface area contributed by atoms with Crippen LogP contribution in [0.5, 0.6) is 0 Å². The molecule has 1 aromatic heterocycles. The van der Waals surface area contributed by atoms with Crippen molar-refractivity contribution in [3.05, 3.63) is 75.4 Å². The molecule has 7 nitrogen and oxygen atoms in total. The van der Waals surface area contributed by atoms with Gasteiger partial charge < -0.3 is 4.52 Å². The topological polar surface area (TPSA) is 97.5 Å². The van der Waals surface area contributed by atoms with Gasteiger partial charge in [-0.25, -0.2) is 8.42 Å². The average molecular weight is 437 g/mol. The fraction of sp³-hybridized carbons (Fsp3) is 0.167. The molecule has 0 bridgehead atoms. The number of rotatable bonds is 4. The lowest BCUT2D eigenvalue weighted by atomic mass is 10.1. The van der Waals surface area contributed by atoms with Gasteiger partial charge in [-0.05, 0) is 36.8 Å². The van der Waals surface area contributed by atoms with E-state index in [-0.39, 0.29) is 16.6 Å². The third kappa shape index (κ3) is 3.50.